The number of aromatic nitrogens is 3. The fourth-order valence-electron chi connectivity index (χ4n) is 1.77. The molecule has 3 aromatic rings. The fourth-order valence-corrected chi connectivity index (χ4v) is 1.91. The normalized spacial score (nSPS) is 37.3. The number of nitrogens with zero attached hydrogens (tertiary/aromatic N) is 5. The summed E-state index contributed by atoms with van der Waals surface area (Å²) >= 11 is 5.88. The highest BCUT2D eigenvalue weighted by Gasteiger charge is 2.17. The predicted molar refractivity (Wildman–Crippen MR) is 104 cm³/mol. The summed E-state index contributed by atoms with van der Waals surface area (Å²) in [5.74, 6) is 0. The van der Waals surface area contributed by atoms with Crippen LogP contribution >= 0.6 is 11.6 Å². The molecule has 3 heterocycles. The van der Waals surface area contributed by atoms with Crippen LogP contribution in [0.15, 0.2) is 53.3 Å². The standard InChI is InChI=1S/C19H22ClN5O/c20-16-5-3-6-17(15-16)23-13-11-22(12-14-23)8-4-10-25-19(26)24-9-2-1-7-18(24)21-25/h1-3,5-7,9,15H,4,8,10-14H2/i1D,2D,3D,4D2,5D,6D,7D,8D2,9D,10D2,11D2,12D2,13D2,14D2,15D. The number of piperazine rings is 1. The number of anilines is 1. The highest BCUT2D eigenvalue weighted by Crippen LogP contribution is 2.20. The lowest BCUT2D eigenvalue weighted by Crippen LogP contribution is -2.46. The van der Waals surface area contributed by atoms with Gasteiger partial charge in [0.1, 0.15) is 0 Å². The van der Waals surface area contributed by atoms with E-state index >= 15 is 0 Å². The van der Waals surface area contributed by atoms with Gasteiger partial charge in [-0.15, -0.1) is 5.10 Å². The molecule has 0 aliphatic carbocycles. The average molecular weight is 394 g/mol. The lowest BCUT2D eigenvalue weighted by Gasteiger charge is -2.36. The average Bonchev–Trinajstić information content (AvgIpc) is 3.31. The van der Waals surface area contributed by atoms with Crippen LogP contribution in [-0.2, 0) is 6.50 Å². The Bertz CT molecular complexity index is 1860. The Morgan fingerprint density at radius 3 is 2.85 bits per heavy atom. The van der Waals surface area contributed by atoms with Gasteiger partial charge in [-0.05, 0) is 36.6 Å². The summed E-state index contributed by atoms with van der Waals surface area (Å²) in [7, 11) is 0. The van der Waals surface area contributed by atoms with Gasteiger partial charge in [0.2, 0.25) is 0 Å². The molecule has 0 amide bonds. The molecule has 7 heteroatoms. The number of halogens is 1. The molecule has 0 saturated carbocycles. The minimum atomic E-state index is -4.53. The van der Waals surface area contributed by atoms with Gasteiger partial charge in [-0.1, -0.05) is 23.7 Å². The maximum absolute atomic E-state index is 13.2. The number of fused-ring (bicyclic) bond motifs is 1. The number of pyridine rings is 1. The Labute approximate surface area is 188 Å². The summed E-state index contributed by atoms with van der Waals surface area (Å²) in [5.41, 5.74) is -4.05. The first-order chi connectivity index (χ1) is 21.3. The number of benzene rings is 1. The Balaban J connectivity index is 2.01. The summed E-state index contributed by atoms with van der Waals surface area (Å²) in [5, 5.41) is 2.49. The van der Waals surface area contributed by atoms with Crippen molar-refractivity contribution in [1.82, 2.24) is 19.1 Å². The van der Waals surface area contributed by atoms with Gasteiger partial charge in [-0.25, -0.2) is 9.48 Å². The molecule has 4 rings (SSSR count). The van der Waals surface area contributed by atoms with Crippen LogP contribution < -0.4 is 10.6 Å². The number of rotatable bonds is 5. The molecule has 6 nitrogen and oxygen atoms in total. The molecule has 136 valence electrons. The monoisotopic (exact) mass is 393 g/mol. The number of hydrogen-bond donors (Lipinski definition) is 0. The lowest BCUT2D eigenvalue weighted by molar-refractivity contribution is 0.248. The van der Waals surface area contributed by atoms with Crippen LogP contribution in [0.5, 0.6) is 0 Å². The van der Waals surface area contributed by atoms with E-state index in [0.29, 0.717) is 0 Å². The first kappa shape index (κ1) is 5.14. The summed E-state index contributed by atoms with van der Waals surface area (Å²) in [6.07, 6.45) is -5.54. The van der Waals surface area contributed by atoms with E-state index in [0.717, 1.165) is 0 Å². The molecule has 0 N–H and O–H groups in total. The second-order valence-corrected chi connectivity index (χ2v) is 4.85. The highest BCUT2D eigenvalue weighted by atomic mass is 35.5. The quantitative estimate of drug-likeness (QED) is 0.667. The highest BCUT2D eigenvalue weighted by molar-refractivity contribution is 6.30. The van der Waals surface area contributed by atoms with Crippen molar-refractivity contribution in [2.24, 2.45) is 0 Å². The van der Waals surface area contributed by atoms with Crippen molar-refractivity contribution in [3.05, 3.63) is 64.0 Å². The molecule has 0 unspecified atom stereocenters. The minimum absolute atomic E-state index is 0.130. The van der Waals surface area contributed by atoms with Gasteiger partial charge in [0.25, 0.3) is 0 Å². The predicted octanol–water partition coefficient (Wildman–Crippen LogP) is 2.36. The molecule has 1 aliphatic rings. The zero-order valence-electron chi connectivity index (χ0n) is 34.5. The second-order valence-electron chi connectivity index (χ2n) is 4.47. The molecule has 1 saturated heterocycles. The van der Waals surface area contributed by atoms with E-state index in [1.807, 2.05) is 0 Å². The maximum Gasteiger partial charge on any atom is 0.350 e. The van der Waals surface area contributed by atoms with Gasteiger partial charge >= 0.3 is 5.69 Å². The van der Waals surface area contributed by atoms with Gasteiger partial charge in [0.15, 0.2) is 5.65 Å². The van der Waals surface area contributed by atoms with Crippen molar-refractivity contribution < 1.29 is 30.2 Å². The summed E-state index contributed by atoms with van der Waals surface area (Å²) < 4.78 is 183. The molecule has 0 radical (unpaired) electrons. The zero-order chi connectivity index (χ0) is 37.4. The lowest BCUT2D eigenvalue weighted by atomic mass is 10.2. The summed E-state index contributed by atoms with van der Waals surface area (Å²) in [6.45, 7) is -25.6. The maximum atomic E-state index is 13.2. The van der Waals surface area contributed by atoms with Crippen LogP contribution in [0.4, 0.5) is 5.69 Å². The van der Waals surface area contributed by atoms with E-state index < -0.39 is 130 Å². The van der Waals surface area contributed by atoms with E-state index in [2.05, 4.69) is 5.10 Å². The topological polar surface area (TPSA) is 45.8 Å². The third-order valence-corrected chi connectivity index (χ3v) is 3.05. The summed E-state index contributed by atoms with van der Waals surface area (Å²) in [6, 6.07) is -7.41. The van der Waals surface area contributed by atoms with E-state index in [1.165, 1.54) is 0 Å². The Morgan fingerprint density at radius 1 is 1.15 bits per heavy atom. The first-order valence-electron chi connectivity index (χ1n) is 17.8. The van der Waals surface area contributed by atoms with Crippen molar-refractivity contribution in [2.75, 3.05) is 37.4 Å². The van der Waals surface area contributed by atoms with Crippen LogP contribution in [0, 0.1) is 0 Å². The Kier molecular flexibility index (Phi) is 1.49. The molecule has 1 fully saturated rings. The van der Waals surface area contributed by atoms with E-state index in [9.17, 15) is 4.79 Å². The van der Waals surface area contributed by atoms with Gasteiger partial charge < -0.3 is 4.90 Å². The molecule has 1 aliphatic heterocycles. The van der Waals surface area contributed by atoms with Crippen LogP contribution in [0.1, 0.15) is 36.5 Å². The molecular formula is C19H22ClN5O. The van der Waals surface area contributed by atoms with Gasteiger partial charge in [-0.2, -0.15) is 0 Å². The SMILES string of the molecule is [2H]c1c([2H])c(Cl)c([2H])c(N2C([2H])([2H])C([2H])([2H])N(C([2H])([2H])C([2H])([2H])C([2H])([2H])n3nc4c([2H])c([2H])c([2H])c([2H])n4c3=O)C([2H])([2H])C2([2H])[2H])c1[2H]. The van der Waals surface area contributed by atoms with Gasteiger partial charge in [-0.3, -0.25) is 9.30 Å². The van der Waals surface area contributed by atoms with Crippen LogP contribution in [0.3, 0.4) is 0 Å². The molecule has 1 aromatic carbocycles. The first-order valence-corrected chi connectivity index (χ1v) is 7.15. The van der Waals surface area contributed by atoms with Gasteiger partial charge in [0, 0.05) is 66.8 Å². The second kappa shape index (κ2) is 7.51. The number of aryl methyl sites for hydroxylation is 1. The molecular weight excluding hydrogens is 350 g/mol. The van der Waals surface area contributed by atoms with Crippen molar-refractivity contribution in [3.63, 3.8) is 0 Å². The third-order valence-electron chi connectivity index (χ3n) is 2.87. The largest absolute Gasteiger partial charge is 0.369 e. The smallest absolute Gasteiger partial charge is 0.350 e. The van der Waals surface area contributed by atoms with Crippen molar-refractivity contribution in [2.45, 2.75) is 12.9 Å². The molecule has 26 heavy (non-hydrogen) atoms. The van der Waals surface area contributed by atoms with Crippen molar-refractivity contribution in [1.29, 1.82) is 0 Å². The molecule has 0 bridgehead atoms. The number of hydrogen-bond acceptors (Lipinski definition) is 4. The van der Waals surface area contributed by atoms with Crippen molar-refractivity contribution in [3.8, 4) is 0 Å². The van der Waals surface area contributed by atoms with E-state index in [-0.39, 0.29) is 4.40 Å². The van der Waals surface area contributed by atoms with E-state index in [4.69, 9.17) is 41.8 Å². The Morgan fingerprint density at radius 2 is 2.00 bits per heavy atom. The van der Waals surface area contributed by atoms with Gasteiger partial charge in [0.05, 0.1) is 19.2 Å². The molecule has 2 aromatic heterocycles. The van der Waals surface area contributed by atoms with Crippen LogP contribution in [-0.4, -0.2) is 51.6 Å². The van der Waals surface area contributed by atoms with E-state index in [1.54, 1.807) is 0 Å². The summed E-state index contributed by atoms with van der Waals surface area (Å²) in [4.78, 5) is 11.8. The van der Waals surface area contributed by atoms with Crippen molar-refractivity contribution >= 4 is 22.9 Å². The molecule has 0 atom stereocenters. The van der Waals surface area contributed by atoms with Crippen LogP contribution in [0.2, 0.25) is 5.02 Å². The Hall–Kier alpha value is -2.31. The third kappa shape index (κ3) is 3.61. The zero-order valence-corrected chi connectivity index (χ0v) is 13.3. The minimum Gasteiger partial charge on any atom is -0.369 e. The van der Waals surface area contributed by atoms with Crippen LogP contribution in [0.25, 0.3) is 5.65 Å². The molecule has 0 spiro atoms. The fraction of sp³-hybridized carbons (Fsp3) is 0.368.